The topological polar surface area (TPSA) is 58.4 Å². The van der Waals surface area contributed by atoms with Crippen LogP contribution in [0.3, 0.4) is 0 Å². The molecular weight excluding hydrogens is 214 g/mol. The van der Waals surface area contributed by atoms with E-state index in [1.165, 1.54) is 25.7 Å². The molecule has 3 atom stereocenters. The first-order valence-corrected chi connectivity index (χ1v) is 6.92. The van der Waals surface area contributed by atoms with Crippen LogP contribution in [0.15, 0.2) is 0 Å². The fourth-order valence-electron chi connectivity index (χ4n) is 3.44. The highest BCUT2D eigenvalue weighted by Gasteiger charge is 2.33. The minimum Gasteiger partial charge on any atom is -0.352 e. The molecule has 3 unspecified atom stereocenters. The molecule has 2 rings (SSSR count). The van der Waals surface area contributed by atoms with Gasteiger partial charge in [0, 0.05) is 32.1 Å². The van der Waals surface area contributed by atoms with Crippen LogP contribution in [0.4, 0.5) is 0 Å². The van der Waals surface area contributed by atoms with Gasteiger partial charge in [0.1, 0.15) is 0 Å². The summed E-state index contributed by atoms with van der Waals surface area (Å²) in [5.74, 6) is 0.760. The highest BCUT2D eigenvalue weighted by Crippen LogP contribution is 2.30. The molecule has 98 valence electrons. The predicted molar refractivity (Wildman–Crippen MR) is 68.6 cm³/mol. The van der Waals surface area contributed by atoms with Gasteiger partial charge in [0.15, 0.2) is 0 Å². The van der Waals surface area contributed by atoms with Crippen molar-refractivity contribution in [1.82, 2.24) is 10.2 Å². The molecule has 1 saturated heterocycles. The minimum absolute atomic E-state index is 0.0934. The SMILES string of the molecule is CC(=O)NC1CCN(C2CCCCC2CN)C1. The summed E-state index contributed by atoms with van der Waals surface area (Å²) >= 11 is 0. The molecule has 0 aromatic carbocycles. The number of rotatable bonds is 3. The van der Waals surface area contributed by atoms with Gasteiger partial charge in [-0.3, -0.25) is 9.69 Å². The maximum absolute atomic E-state index is 11.1. The van der Waals surface area contributed by atoms with Crippen molar-refractivity contribution in [2.24, 2.45) is 11.7 Å². The van der Waals surface area contributed by atoms with E-state index >= 15 is 0 Å². The Morgan fingerprint density at radius 2 is 2.12 bits per heavy atom. The normalized spacial score (nSPS) is 34.8. The van der Waals surface area contributed by atoms with Crippen LogP contribution in [0.5, 0.6) is 0 Å². The lowest BCUT2D eigenvalue weighted by molar-refractivity contribution is -0.119. The fraction of sp³-hybridized carbons (Fsp3) is 0.923. The van der Waals surface area contributed by atoms with Gasteiger partial charge in [0.25, 0.3) is 0 Å². The number of nitrogens with zero attached hydrogens (tertiary/aromatic N) is 1. The van der Waals surface area contributed by atoms with E-state index in [4.69, 9.17) is 5.73 Å². The van der Waals surface area contributed by atoms with Gasteiger partial charge in [-0.25, -0.2) is 0 Å². The van der Waals surface area contributed by atoms with Crippen molar-refractivity contribution in [3.05, 3.63) is 0 Å². The van der Waals surface area contributed by atoms with Crippen LogP contribution >= 0.6 is 0 Å². The Bertz CT molecular complexity index is 269. The molecule has 1 saturated carbocycles. The van der Waals surface area contributed by atoms with Gasteiger partial charge in [0.05, 0.1) is 0 Å². The standard InChI is InChI=1S/C13H25N3O/c1-10(17)15-12-6-7-16(9-12)13-5-3-2-4-11(13)8-14/h11-13H,2-9,14H2,1H3,(H,15,17). The van der Waals surface area contributed by atoms with Crippen LogP contribution in [0.2, 0.25) is 0 Å². The number of hydrogen-bond donors (Lipinski definition) is 2. The number of likely N-dealkylation sites (tertiary alicyclic amines) is 1. The number of hydrogen-bond acceptors (Lipinski definition) is 3. The number of nitrogens with two attached hydrogens (primary N) is 1. The zero-order valence-corrected chi connectivity index (χ0v) is 10.8. The first-order chi connectivity index (χ1) is 8.20. The zero-order chi connectivity index (χ0) is 12.3. The Kier molecular flexibility index (Phi) is 4.40. The van der Waals surface area contributed by atoms with Gasteiger partial charge in [0.2, 0.25) is 5.91 Å². The molecule has 0 aromatic heterocycles. The summed E-state index contributed by atoms with van der Waals surface area (Å²) in [6.07, 6.45) is 6.33. The third-order valence-corrected chi connectivity index (χ3v) is 4.27. The van der Waals surface area contributed by atoms with Crippen LogP contribution in [0, 0.1) is 5.92 Å². The van der Waals surface area contributed by atoms with E-state index in [0.717, 1.165) is 26.1 Å². The summed E-state index contributed by atoms with van der Waals surface area (Å²) < 4.78 is 0. The predicted octanol–water partition coefficient (Wildman–Crippen LogP) is 0.714. The van der Waals surface area contributed by atoms with Gasteiger partial charge in [-0.1, -0.05) is 12.8 Å². The lowest BCUT2D eigenvalue weighted by Gasteiger charge is -2.37. The Balaban J connectivity index is 1.87. The Labute approximate surface area is 104 Å². The minimum atomic E-state index is 0.0934. The lowest BCUT2D eigenvalue weighted by atomic mass is 9.84. The number of carbonyl (C=O) groups is 1. The molecule has 1 heterocycles. The average molecular weight is 239 g/mol. The summed E-state index contributed by atoms with van der Waals surface area (Å²) in [4.78, 5) is 13.6. The van der Waals surface area contributed by atoms with Crippen molar-refractivity contribution in [1.29, 1.82) is 0 Å². The van der Waals surface area contributed by atoms with Gasteiger partial charge < -0.3 is 11.1 Å². The second kappa shape index (κ2) is 5.83. The Hall–Kier alpha value is -0.610. The third-order valence-electron chi connectivity index (χ3n) is 4.27. The lowest BCUT2D eigenvalue weighted by Crippen LogP contribution is -2.45. The first kappa shape index (κ1) is 12.8. The van der Waals surface area contributed by atoms with E-state index in [1.807, 2.05) is 0 Å². The van der Waals surface area contributed by atoms with Crippen LogP contribution in [0.25, 0.3) is 0 Å². The zero-order valence-electron chi connectivity index (χ0n) is 10.8. The van der Waals surface area contributed by atoms with Crippen molar-refractivity contribution in [3.8, 4) is 0 Å². The molecule has 1 aliphatic heterocycles. The summed E-state index contributed by atoms with van der Waals surface area (Å²) in [7, 11) is 0. The molecule has 4 heteroatoms. The monoisotopic (exact) mass is 239 g/mol. The van der Waals surface area contributed by atoms with Crippen molar-refractivity contribution in [2.75, 3.05) is 19.6 Å². The maximum atomic E-state index is 11.1. The Morgan fingerprint density at radius 3 is 2.82 bits per heavy atom. The quantitative estimate of drug-likeness (QED) is 0.763. The molecule has 0 aromatic rings. The fourth-order valence-corrected chi connectivity index (χ4v) is 3.44. The smallest absolute Gasteiger partial charge is 0.217 e. The summed E-state index contributed by atoms with van der Waals surface area (Å²) in [6, 6.07) is 1.01. The Morgan fingerprint density at radius 1 is 1.35 bits per heavy atom. The van der Waals surface area contributed by atoms with E-state index < -0.39 is 0 Å². The molecule has 0 radical (unpaired) electrons. The van der Waals surface area contributed by atoms with E-state index in [9.17, 15) is 4.79 Å². The van der Waals surface area contributed by atoms with Gasteiger partial charge in [-0.15, -0.1) is 0 Å². The van der Waals surface area contributed by atoms with Gasteiger partial charge in [-0.05, 0) is 31.7 Å². The molecule has 1 amide bonds. The molecule has 0 bridgehead atoms. The summed E-state index contributed by atoms with van der Waals surface area (Å²) in [6.45, 7) is 4.55. The second-order valence-electron chi connectivity index (χ2n) is 5.53. The van der Waals surface area contributed by atoms with Crippen molar-refractivity contribution < 1.29 is 4.79 Å². The first-order valence-electron chi connectivity index (χ1n) is 6.92. The van der Waals surface area contributed by atoms with Crippen LogP contribution in [0.1, 0.15) is 39.0 Å². The summed E-state index contributed by atoms with van der Waals surface area (Å²) in [5.41, 5.74) is 5.88. The molecule has 2 aliphatic rings. The molecule has 2 fully saturated rings. The van der Waals surface area contributed by atoms with Crippen molar-refractivity contribution >= 4 is 5.91 Å². The molecule has 1 aliphatic carbocycles. The molecule has 0 spiro atoms. The summed E-state index contributed by atoms with van der Waals surface area (Å²) in [5, 5.41) is 3.03. The molecule has 3 N–H and O–H groups in total. The van der Waals surface area contributed by atoms with Gasteiger partial charge in [-0.2, -0.15) is 0 Å². The second-order valence-corrected chi connectivity index (χ2v) is 5.53. The maximum Gasteiger partial charge on any atom is 0.217 e. The van der Waals surface area contributed by atoms with Crippen molar-refractivity contribution in [2.45, 2.75) is 51.1 Å². The third kappa shape index (κ3) is 3.19. The highest BCUT2D eigenvalue weighted by molar-refractivity contribution is 5.73. The van der Waals surface area contributed by atoms with Crippen LogP contribution in [-0.4, -0.2) is 42.5 Å². The van der Waals surface area contributed by atoms with Crippen LogP contribution in [-0.2, 0) is 4.79 Å². The van der Waals surface area contributed by atoms with Gasteiger partial charge >= 0.3 is 0 Å². The highest BCUT2D eigenvalue weighted by atomic mass is 16.1. The van der Waals surface area contributed by atoms with Crippen LogP contribution < -0.4 is 11.1 Å². The molecule has 4 nitrogen and oxygen atoms in total. The largest absolute Gasteiger partial charge is 0.352 e. The van der Waals surface area contributed by atoms with E-state index in [-0.39, 0.29) is 5.91 Å². The molecular formula is C13H25N3O. The van der Waals surface area contributed by atoms with E-state index in [0.29, 0.717) is 18.0 Å². The number of nitrogens with one attached hydrogen (secondary N) is 1. The van der Waals surface area contributed by atoms with E-state index in [1.54, 1.807) is 6.92 Å². The van der Waals surface area contributed by atoms with Crippen molar-refractivity contribution in [3.63, 3.8) is 0 Å². The average Bonchev–Trinajstić information content (AvgIpc) is 2.76. The number of amides is 1. The van der Waals surface area contributed by atoms with E-state index in [2.05, 4.69) is 10.2 Å². The number of carbonyl (C=O) groups excluding carboxylic acids is 1. The molecule has 17 heavy (non-hydrogen) atoms.